The fourth-order valence-corrected chi connectivity index (χ4v) is 4.89. The zero-order valence-corrected chi connectivity index (χ0v) is 22.9. The quantitative estimate of drug-likeness (QED) is 0.211. The maximum atomic E-state index is 13.3. The SMILES string of the molecule is CCOP(=O)(/N=C(\OC(C)C)[C@H](C)[C@H](NC(=O)OC(C)(C)C)c1cccc2ccccc12)OCC. The summed E-state index contributed by atoms with van der Waals surface area (Å²) in [5, 5.41) is 4.97. The molecule has 2 atom stereocenters. The molecular weight excluding hydrogens is 467 g/mol. The summed E-state index contributed by atoms with van der Waals surface area (Å²) >= 11 is 0. The normalized spacial score (nSPS) is 14.6. The molecule has 0 spiro atoms. The van der Waals surface area contributed by atoms with Crippen molar-refractivity contribution in [2.45, 2.75) is 73.1 Å². The summed E-state index contributed by atoms with van der Waals surface area (Å²) in [6.45, 7) is 14.7. The van der Waals surface area contributed by atoms with E-state index >= 15 is 0 Å². The minimum Gasteiger partial charge on any atom is -0.478 e. The highest BCUT2D eigenvalue weighted by Crippen LogP contribution is 2.50. The molecule has 0 saturated heterocycles. The largest absolute Gasteiger partial charge is 0.478 e. The van der Waals surface area contributed by atoms with Gasteiger partial charge in [0.25, 0.3) is 0 Å². The Bertz CT molecular complexity index is 1050. The maximum Gasteiger partial charge on any atom is 0.456 e. The van der Waals surface area contributed by atoms with Crippen LogP contribution < -0.4 is 5.32 Å². The number of hydrogen-bond donors (Lipinski definition) is 1. The van der Waals surface area contributed by atoms with E-state index in [-0.39, 0.29) is 25.2 Å². The molecule has 9 heteroatoms. The van der Waals surface area contributed by atoms with E-state index in [2.05, 4.69) is 10.1 Å². The molecule has 0 aliphatic carbocycles. The topological polar surface area (TPSA) is 95.5 Å². The van der Waals surface area contributed by atoms with Gasteiger partial charge in [-0.2, -0.15) is 0 Å². The molecule has 0 unspecified atom stereocenters. The molecule has 0 aromatic heterocycles. The van der Waals surface area contributed by atoms with Gasteiger partial charge in [-0.25, -0.2) is 9.36 Å². The molecule has 1 amide bonds. The van der Waals surface area contributed by atoms with Crippen LogP contribution in [0.5, 0.6) is 0 Å². The Morgan fingerprint density at radius 1 is 1.00 bits per heavy atom. The molecule has 0 bridgehead atoms. The van der Waals surface area contributed by atoms with Crippen LogP contribution in [0.3, 0.4) is 0 Å². The van der Waals surface area contributed by atoms with Gasteiger partial charge in [0, 0.05) is 0 Å². The van der Waals surface area contributed by atoms with E-state index in [9.17, 15) is 9.36 Å². The Kier molecular flexibility index (Phi) is 10.3. The average Bonchev–Trinajstić information content (AvgIpc) is 2.75. The minimum absolute atomic E-state index is 0.160. The van der Waals surface area contributed by atoms with Gasteiger partial charge in [-0.1, -0.05) is 49.4 Å². The summed E-state index contributed by atoms with van der Waals surface area (Å²) in [7, 11) is -3.81. The molecular formula is C26H39N2O6P. The van der Waals surface area contributed by atoms with Crippen LogP contribution in [0.15, 0.2) is 47.2 Å². The summed E-state index contributed by atoms with van der Waals surface area (Å²) in [6.07, 6.45) is -0.841. The van der Waals surface area contributed by atoms with Gasteiger partial charge in [-0.05, 0) is 64.8 Å². The van der Waals surface area contributed by atoms with Crippen LogP contribution in [-0.2, 0) is 23.1 Å². The van der Waals surface area contributed by atoms with Crippen LogP contribution in [0.25, 0.3) is 10.8 Å². The van der Waals surface area contributed by atoms with Crippen LogP contribution in [0.2, 0.25) is 0 Å². The van der Waals surface area contributed by atoms with E-state index in [4.69, 9.17) is 18.5 Å². The highest BCUT2D eigenvalue weighted by Gasteiger charge is 2.34. The molecule has 0 aliphatic rings. The van der Waals surface area contributed by atoms with Gasteiger partial charge in [-0.15, -0.1) is 4.76 Å². The van der Waals surface area contributed by atoms with Crippen LogP contribution in [0, 0.1) is 5.92 Å². The Balaban J connectivity index is 2.63. The van der Waals surface area contributed by atoms with Crippen molar-refractivity contribution in [1.29, 1.82) is 0 Å². The standard InChI is InChI=1S/C26H39N2O6P/c1-9-31-35(30,32-10-2)28-24(33-18(3)4)19(5)23(27-25(29)34-26(6,7)8)22-17-13-15-20-14-11-12-16-21(20)22/h11-19,23H,9-10H2,1-8H3,(H,27,29)/b28-24-/t19-,23+/m1/s1. The van der Waals surface area contributed by atoms with E-state index in [1.54, 1.807) is 34.6 Å². The number of nitrogens with one attached hydrogen (secondary N) is 1. The third-order valence-electron chi connectivity index (χ3n) is 4.88. The molecule has 35 heavy (non-hydrogen) atoms. The van der Waals surface area contributed by atoms with Crippen molar-refractivity contribution in [1.82, 2.24) is 5.32 Å². The van der Waals surface area contributed by atoms with Crippen molar-refractivity contribution in [2.24, 2.45) is 10.7 Å². The second kappa shape index (κ2) is 12.5. The lowest BCUT2D eigenvalue weighted by atomic mass is 9.90. The molecule has 194 valence electrons. The number of alkyl carbamates (subject to hydrolysis) is 1. The van der Waals surface area contributed by atoms with E-state index in [1.165, 1.54) is 0 Å². The van der Waals surface area contributed by atoms with E-state index in [0.29, 0.717) is 0 Å². The molecule has 0 aliphatic heterocycles. The molecule has 8 nitrogen and oxygen atoms in total. The fourth-order valence-electron chi connectivity index (χ4n) is 3.58. The molecule has 2 rings (SSSR count). The number of carbonyl (C=O) groups excluding carboxylic acids is 1. The van der Waals surface area contributed by atoms with Crippen molar-refractivity contribution >= 4 is 30.5 Å². The van der Waals surface area contributed by atoms with Gasteiger partial charge in [0.2, 0.25) is 0 Å². The number of carbonyl (C=O) groups is 1. The second-order valence-corrected chi connectivity index (χ2v) is 11.0. The van der Waals surface area contributed by atoms with Gasteiger partial charge in [0.15, 0.2) is 5.90 Å². The number of rotatable bonds is 10. The van der Waals surface area contributed by atoms with E-state index < -0.39 is 31.4 Å². The first-order valence-electron chi connectivity index (χ1n) is 12.0. The summed E-state index contributed by atoms with van der Waals surface area (Å²) in [5.41, 5.74) is 0.172. The van der Waals surface area contributed by atoms with Crippen molar-refractivity contribution < 1.29 is 27.9 Å². The lowest BCUT2D eigenvalue weighted by Gasteiger charge is -2.30. The zero-order valence-electron chi connectivity index (χ0n) is 22.0. The Hall–Kier alpha value is -2.41. The van der Waals surface area contributed by atoms with Crippen LogP contribution in [0.4, 0.5) is 4.79 Å². The number of nitrogens with zero attached hydrogens (tertiary/aromatic N) is 1. The minimum atomic E-state index is -3.81. The second-order valence-electron chi connectivity index (χ2n) is 9.39. The van der Waals surface area contributed by atoms with Gasteiger partial charge in [-0.3, -0.25) is 9.05 Å². The van der Waals surface area contributed by atoms with Crippen molar-refractivity contribution in [3.8, 4) is 0 Å². The average molecular weight is 507 g/mol. The molecule has 1 N–H and O–H groups in total. The summed E-state index contributed by atoms with van der Waals surface area (Å²) in [5.74, 6) is -0.371. The molecule has 2 aromatic rings. The third-order valence-corrected chi connectivity index (χ3v) is 6.49. The van der Waals surface area contributed by atoms with Crippen molar-refractivity contribution in [3.63, 3.8) is 0 Å². The van der Waals surface area contributed by atoms with Crippen molar-refractivity contribution in [2.75, 3.05) is 13.2 Å². The third kappa shape index (κ3) is 8.64. The first kappa shape index (κ1) is 28.8. The van der Waals surface area contributed by atoms with Crippen LogP contribution in [0.1, 0.15) is 67.0 Å². The summed E-state index contributed by atoms with van der Waals surface area (Å²) in [6, 6.07) is 13.2. The summed E-state index contributed by atoms with van der Waals surface area (Å²) in [4.78, 5) is 12.9. The van der Waals surface area contributed by atoms with E-state index in [1.807, 2.05) is 63.2 Å². The molecule has 2 aromatic carbocycles. The summed E-state index contributed by atoms with van der Waals surface area (Å²) < 4.78 is 40.0. The predicted octanol–water partition coefficient (Wildman–Crippen LogP) is 7.05. The molecule has 0 fully saturated rings. The Morgan fingerprint density at radius 3 is 2.17 bits per heavy atom. The van der Waals surface area contributed by atoms with Crippen LogP contribution >= 0.6 is 7.75 Å². The Labute approximate surface area is 209 Å². The highest BCUT2D eigenvalue weighted by atomic mass is 31.2. The number of ether oxygens (including phenoxy) is 2. The Morgan fingerprint density at radius 2 is 1.60 bits per heavy atom. The molecule has 0 radical (unpaired) electrons. The first-order valence-corrected chi connectivity index (χ1v) is 13.5. The fraction of sp³-hybridized carbons (Fsp3) is 0.538. The van der Waals surface area contributed by atoms with Gasteiger partial charge in [0.1, 0.15) is 5.60 Å². The maximum absolute atomic E-state index is 13.3. The number of benzene rings is 2. The lowest BCUT2D eigenvalue weighted by Crippen LogP contribution is -2.40. The lowest BCUT2D eigenvalue weighted by molar-refractivity contribution is 0.0492. The predicted molar refractivity (Wildman–Crippen MR) is 140 cm³/mol. The number of amides is 1. The smallest absolute Gasteiger partial charge is 0.456 e. The van der Waals surface area contributed by atoms with Crippen molar-refractivity contribution in [3.05, 3.63) is 48.0 Å². The van der Waals surface area contributed by atoms with Crippen LogP contribution in [-0.4, -0.2) is 36.9 Å². The van der Waals surface area contributed by atoms with Gasteiger partial charge in [0.05, 0.1) is 31.3 Å². The first-order chi connectivity index (χ1) is 16.4. The molecule has 0 heterocycles. The zero-order chi connectivity index (χ0) is 26.2. The van der Waals surface area contributed by atoms with E-state index in [0.717, 1.165) is 16.3 Å². The highest BCUT2D eigenvalue weighted by molar-refractivity contribution is 7.52. The van der Waals surface area contributed by atoms with Gasteiger partial charge >= 0.3 is 13.8 Å². The van der Waals surface area contributed by atoms with Gasteiger partial charge < -0.3 is 14.8 Å². The molecule has 0 saturated carbocycles. The monoisotopic (exact) mass is 506 g/mol. The number of hydrogen-bond acceptors (Lipinski definition) is 6. The number of fused-ring (bicyclic) bond motifs is 1.